The second-order valence-corrected chi connectivity index (χ2v) is 5.31. The molecule has 2 atom stereocenters. The van der Waals surface area contributed by atoms with Crippen molar-refractivity contribution >= 4 is 17.5 Å². The third kappa shape index (κ3) is 2.26. The van der Waals surface area contributed by atoms with Crippen LogP contribution in [-0.4, -0.2) is 11.0 Å². The largest absolute Gasteiger partial charge is 0.299 e. The average molecular weight is 242 g/mol. The van der Waals surface area contributed by atoms with E-state index in [2.05, 4.69) is 0 Å². The predicted octanol–water partition coefficient (Wildman–Crippen LogP) is 3.42. The fraction of sp³-hybridized carbons (Fsp3) is 0.417. The zero-order valence-corrected chi connectivity index (χ0v) is 9.69. The van der Waals surface area contributed by atoms with Crippen LogP contribution in [0.1, 0.15) is 19.8 Å². The lowest BCUT2D eigenvalue weighted by molar-refractivity contribution is -0.120. The first-order chi connectivity index (χ1) is 7.58. The number of rotatable bonds is 2. The first kappa shape index (κ1) is 11.6. The number of thioether (sulfide) groups is 1. The summed E-state index contributed by atoms with van der Waals surface area (Å²) in [7, 11) is 0. The van der Waals surface area contributed by atoms with Crippen molar-refractivity contribution in [1.82, 2.24) is 0 Å². The number of hydrogen-bond donors (Lipinski definition) is 0. The van der Waals surface area contributed by atoms with Gasteiger partial charge in [-0.15, -0.1) is 11.8 Å². The highest BCUT2D eigenvalue weighted by atomic mass is 32.2. The van der Waals surface area contributed by atoms with Crippen molar-refractivity contribution in [3.05, 3.63) is 29.8 Å². The Labute approximate surface area is 97.2 Å². The quantitative estimate of drug-likeness (QED) is 0.790. The van der Waals surface area contributed by atoms with E-state index in [1.165, 1.54) is 23.9 Å². The van der Waals surface area contributed by atoms with E-state index in [0.29, 0.717) is 11.3 Å². The van der Waals surface area contributed by atoms with E-state index in [1.807, 2.05) is 6.92 Å². The summed E-state index contributed by atoms with van der Waals surface area (Å²) in [5.41, 5.74) is 0. The van der Waals surface area contributed by atoms with Gasteiger partial charge < -0.3 is 0 Å². The minimum atomic E-state index is -0.572. The van der Waals surface area contributed by atoms with Crippen molar-refractivity contribution in [2.45, 2.75) is 29.9 Å². The van der Waals surface area contributed by atoms with Crippen LogP contribution in [0.15, 0.2) is 23.1 Å². The lowest BCUT2D eigenvalue weighted by Crippen LogP contribution is -2.12. The van der Waals surface area contributed by atoms with Gasteiger partial charge in [0.1, 0.15) is 17.4 Å². The van der Waals surface area contributed by atoms with Crippen LogP contribution in [0.2, 0.25) is 0 Å². The maximum absolute atomic E-state index is 13.4. The Morgan fingerprint density at radius 2 is 2.12 bits per heavy atom. The molecule has 0 aromatic heterocycles. The van der Waals surface area contributed by atoms with E-state index in [-0.39, 0.29) is 17.0 Å². The molecule has 1 nitrogen and oxygen atoms in total. The average Bonchev–Trinajstić information content (AvgIpc) is 2.54. The number of Topliss-reactive ketones (excluding diaryl/α,β-unsaturated/α-hetero) is 1. The Morgan fingerprint density at radius 3 is 2.69 bits per heavy atom. The van der Waals surface area contributed by atoms with Gasteiger partial charge >= 0.3 is 0 Å². The van der Waals surface area contributed by atoms with Crippen LogP contribution in [-0.2, 0) is 4.79 Å². The molecule has 0 bridgehead atoms. The number of carbonyl (C=O) groups excluding carboxylic acids is 1. The van der Waals surface area contributed by atoms with E-state index in [9.17, 15) is 13.6 Å². The molecule has 1 aliphatic carbocycles. The molecular weight excluding hydrogens is 230 g/mol. The molecule has 0 amide bonds. The highest BCUT2D eigenvalue weighted by molar-refractivity contribution is 8.00. The fourth-order valence-corrected chi connectivity index (χ4v) is 3.10. The number of benzene rings is 1. The summed E-state index contributed by atoms with van der Waals surface area (Å²) in [6.07, 6.45) is 1.35. The molecule has 0 saturated heterocycles. The zero-order chi connectivity index (χ0) is 11.7. The first-order valence-electron chi connectivity index (χ1n) is 5.22. The summed E-state index contributed by atoms with van der Waals surface area (Å²) in [5, 5.41) is 0.118. The number of hydrogen-bond acceptors (Lipinski definition) is 2. The molecular formula is C12H12F2OS. The molecule has 1 aromatic rings. The maximum Gasteiger partial charge on any atom is 0.139 e. The Hall–Kier alpha value is -0.900. The molecule has 1 aliphatic rings. The molecule has 2 unspecified atom stereocenters. The van der Waals surface area contributed by atoms with Gasteiger partial charge in [0.15, 0.2) is 0 Å². The van der Waals surface area contributed by atoms with Gasteiger partial charge in [0.2, 0.25) is 0 Å². The van der Waals surface area contributed by atoms with Gasteiger partial charge in [-0.1, -0.05) is 6.92 Å². The molecule has 1 saturated carbocycles. The van der Waals surface area contributed by atoms with Crippen LogP contribution >= 0.6 is 11.8 Å². The Morgan fingerprint density at radius 1 is 1.38 bits per heavy atom. The molecule has 2 rings (SSSR count). The van der Waals surface area contributed by atoms with Crippen LogP contribution in [0, 0.1) is 17.6 Å². The maximum atomic E-state index is 13.4. The molecule has 4 heteroatoms. The van der Waals surface area contributed by atoms with E-state index in [0.717, 1.165) is 12.5 Å². The first-order valence-corrected chi connectivity index (χ1v) is 6.10. The minimum absolute atomic E-state index is 0.0329. The minimum Gasteiger partial charge on any atom is -0.299 e. The van der Waals surface area contributed by atoms with Gasteiger partial charge in [0, 0.05) is 28.6 Å². The molecule has 0 N–H and O–H groups in total. The van der Waals surface area contributed by atoms with Crippen LogP contribution in [0.4, 0.5) is 8.78 Å². The van der Waals surface area contributed by atoms with E-state index >= 15 is 0 Å². The summed E-state index contributed by atoms with van der Waals surface area (Å²) in [5.74, 6) is -0.914. The molecule has 0 aliphatic heterocycles. The van der Waals surface area contributed by atoms with Crippen LogP contribution in [0.5, 0.6) is 0 Å². The molecule has 0 spiro atoms. The predicted molar refractivity (Wildman–Crippen MR) is 59.4 cm³/mol. The summed E-state index contributed by atoms with van der Waals surface area (Å²) in [4.78, 5) is 11.8. The van der Waals surface area contributed by atoms with Gasteiger partial charge in [-0.3, -0.25) is 4.79 Å². The molecule has 0 heterocycles. The third-order valence-electron chi connectivity index (χ3n) is 2.91. The number of ketones is 1. The Kier molecular flexibility index (Phi) is 3.28. The second-order valence-electron chi connectivity index (χ2n) is 4.02. The third-order valence-corrected chi connectivity index (χ3v) is 4.44. The summed E-state index contributed by atoms with van der Waals surface area (Å²) in [6, 6.07) is 3.56. The molecule has 16 heavy (non-hydrogen) atoms. The fourth-order valence-electron chi connectivity index (χ4n) is 1.86. The van der Waals surface area contributed by atoms with Crippen molar-refractivity contribution in [3.8, 4) is 0 Å². The Bertz CT molecular complexity index is 419. The van der Waals surface area contributed by atoms with Gasteiger partial charge in [-0.25, -0.2) is 8.78 Å². The summed E-state index contributed by atoms with van der Waals surface area (Å²) in [6.45, 7) is 1.87. The summed E-state index contributed by atoms with van der Waals surface area (Å²) >= 11 is 1.34. The standard InChI is InChI=1S/C12H12F2OS/c1-7-10(15)3-5-11(7)16-12-4-2-8(13)6-9(12)14/h2,4,6-7,11H,3,5H2,1H3. The molecule has 1 aromatic carbocycles. The van der Waals surface area contributed by atoms with Gasteiger partial charge in [-0.2, -0.15) is 0 Å². The SMILES string of the molecule is CC1C(=O)CCC1Sc1ccc(F)cc1F. The molecule has 0 radical (unpaired) electrons. The summed E-state index contributed by atoms with van der Waals surface area (Å²) < 4.78 is 26.1. The zero-order valence-electron chi connectivity index (χ0n) is 8.87. The highest BCUT2D eigenvalue weighted by Crippen LogP contribution is 2.37. The van der Waals surface area contributed by atoms with Crippen molar-refractivity contribution < 1.29 is 13.6 Å². The number of carbonyl (C=O) groups is 1. The van der Waals surface area contributed by atoms with Crippen LogP contribution < -0.4 is 0 Å². The highest BCUT2D eigenvalue weighted by Gasteiger charge is 2.31. The topological polar surface area (TPSA) is 17.1 Å². The lowest BCUT2D eigenvalue weighted by Gasteiger charge is -2.13. The van der Waals surface area contributed by atoms with Crippen LogP contribution in [0.25, 0.3) is 0 Å². The van der Waals surface area contributed by atoms with E-state index in [1.54, 1.807) is 0 Å². The van der Waals surface area contributed by atoms with E-state index in [4.69, 9.17) is 0 Å². The van der Waals surface area contributed by atoms with Gasteiger partial charge in [0.05, 0.1) is 0 Å². The second kappa shape index (κ2) is 4.53. The van der Waals surface area contributed by atoms with Gasteiger partial charge in [-0.05, 0) is 18.6 Å². The number of halogens is 2. The molecule has 86 valence electrons. The van der Waals surface area contributed by atoms with Crippen molar-refractivity contribution in [2.24, 2.45) is 5.92 Å². The molecule has 1 fully saturated rings. The van der Waals surface area contributed by atoms with E-state index < -0.39 is 11.6 Å². The van der Waals surface area contributed by atoms with Crippen molar-refractivity contribution in [3.63, 3.8) is 0 Å². The normalized spacial score (nSPS) is 25.1. The lowest BCUT2D eigenvalue weighted by atomic mass is 10.1. The smallest absolute Gasteiger partial charge is 0.139 e. The van der Waals surface area contributed by atoms with Crippen LogP contribution in [0.3, 0.4) is 0 Å². The van der Waals surface area contributed by atoms with Gasteiger partial charge in [0.25, 0.3) is 0 Å². The van der Waals surface area contributed by atoms with Crippen molar-refractivity contribution in [2.75, 3.05) is 0 Å². The Balaban J connectivity index is 2.12. The van der Waals surface area contributed by atoms with Crippen molar-refractivity contribution in [1.29, 1.82) is 0 Å². The monoisotopic (exact) mass is 242 g/mol.